The zero-order chi connectivity index (χ0) is 8.31. The SMILES string of the molecule is O=C([O-])C(=O)C(=O)C(=O)[O-]. The predicted octanol–water partition coefficient (Wildman–Crippen LogP) is -4.38. The lowest BCUT2D eigenvalue weighted by molar-refractivity contribution is -0.304. The van der Waals surface area contributed by atoms with Crippen LogP contribution >= 0.6 is 0 Å². The zero-order valence-electron chi connectivity index (χ0n) is 4.45. The van der Waals surface area contributed by atoms with Crippen LogP contribution in [0.15, 0.2) is 0 Å². The summed E-state index contributed by atoms with van der Waals surface area (Å²) in [5.41, 5.74) is 0. The molecule has 6 nitrogen and oxygen atoms in total. The van der Waals surface area contributed by atoms with E-state index >= 15 is 0 Å². The Bertz CT molecular complexity index is 190. The maximum Gasteiger partial charge on any atom is 0.250 e. The van der Waals surface area contributed by atoms with Gasteiger partial charge in [-0.15, -0.1) is 0 Å². The van der Waals surface area contributed by atoms with E-state index in [9.17, 15) is 29.4 Å². The first-order valence-electron chi connectivity index (χ1n) is 1.97. The highest BCUT2D eigenvalue weighted by molar-refractivity contribution is 6.74. The quantitative estimate of drug-likeness (QED) is 0.292. The average Bonchev–Trinajstić information content (AvgIpc) is 1.84. The summed E-state index contributed by atoms with van der Waals surface area (Å²) in [6, 6.07) is 0. The second-order valence-corrected chi connectivity index (χ2v) is 1.23. The summed E-state index contributed by atoms with van der Waals surface area (Å²) in [4.78, 5) is 38.6. The summed E-state index contributed by atoms with van der Waals surface area (Å²) < 4.78 is 0. The molecule has 0 unspecified atom stereocenters. The monoisotopic (exact) mass is 144 g/mol. The predicted molar refractivity (Wildman–Crippen MR) is 20.0 cm³/mol. The molecule has 0 aromatic heterocycles. The molecular weight excluding hydrogens is 144 g/mol. The molecule has 0 bridgehead atoms. The smallest absolute Gasteiger partial charge is 0.250 e. The Morgan fingerprint density at radius 2 is 0.900 bits per heavy atom. The second-order valence-electron chi connectivity index (χ2n) is 1.23. The van der Waals surface area contributed by atoms with Crippen molar-refractivity contribution in [3.05, 3.63) is 0 Å². The van der Waals surface area contributed by atoms with E-state index in [0.29, 0.717) is 0 Å². The summed E-state index contributed by atoms with van der Waals surface area (Å²) >= 11 is 0. The third-order valence-electron chi connectivity index (χ3n) is 0.577. The molecule has 0 saturated carbocycles. The van der Waals surface area contributed by atoms with E-state index in [1.54, 1.807) is 0 Å². The van der Waals surface area contributed by atoms with Crippen LogP contribution in [0.1, 0.15) is 0 Å². The Hall–Kier alpha value is -1.72. The molecular formula is C4O6-2. The summed E-state index contributed by atoms with van der Waals surface area (Å²) in [5.74, 6) is -8.93. The van der Waals surface area contributed by atoms with E-state index < -0.39 is 23.5 Å². The molecule has 0 aromatic rings. The number of hydrogen-bond donors (Lipinski definition) is 0. The molecule has 0 saturated heterocycles. The van der Waals surface area contributed by atoms with Gasteiger partial charge in [0.2, 0.25) is 11.6 Å². The van der Waals surface area contributed by atoms with Crippen molar-refractivity contribution in [3.8, 4) is 0 Å². The second kappa shape index (κ2) is 2.72. The van der Waals surface area contributed by atoms with Crippen LogP contribution in [0.3, 0.4) is 0 Å². The number of Topliss-reactive ketones (excluding diaryl/α,β-unsaturated/α-hetero) is 2. The van der Waals surface area contributed by atoms with Crippen molar-refractivity contribution in [2.75, 3.05) is 0 Å². The maximum absolute atomic E-state index is 9.85. The number of carboxylic acids is 2. The van der Waals surface area contributed by atoms with Crippen molar-refractivity contribution in [3.63, 3.8) is 0 Å². The van der Waals surface area contributed by atoms with E-state index in [1.807, 2.05) is 0 Å². The lowest BCUT2D eigenvalue weighted by Crippen LogP contribution is -2.44. The molecule has 0 radical (unpaired) electrons. The highest BCUT2D eigenvalue weighted by Gasteiger charge is 2.14. The molecule has 6 heteroatoms. The van der Waals surface area contributed by atoms with Gasteiger partial charge < -0.3 is 19.8 Å². The summed E-state index contributed by atoms with van der Waals surface area (Å²) in [6.45, 7) is 0. The van der Waals surface area contributed by atoms with Gasteiger partial charge in [0.15, 0.2) is 0 Å². The molecule has 0 atom stereocenters. The van der Waals surface area contributed by atoms with Crippen molar-refractivity contribution in [1.82, 2.24) is 0 Å². The van der Waals surface area contributed by atoms with Gasteiger partial charge >= 0.3 is 0 Å². The van der Waals surface area contributed by atoms with Gasteiger partial charge in [-0.3, -0.25) is 9.59 Å². The standard InChI is InChI=1S/C4H2O6/c5-1(3(7)8)2(6)4(9)10/h(H,7,8)(H,9,10)/p-2. The Morgan fingerprint density at radius 1 is 0.700 bits per heavy atom. The summed E-state index contributed by atoms with van der Waals surface area (Å²) in [6.07, 6.45) is 0. The number of aliphatic carboxylic acids is 2. The third kappa shape index (κ3) is 1.66. The molecule has 0 aliphatic carbocycles. The molecule has 0 rings (SSSR count). The normalized spacial score (nSPS) is 8.40. The van der Waals surface area contributed by atoms with Gasteiger partial charge in [0.25, 0.3) is 0 Å². The van der Waals surface area contributed by atoms with E-state index in [1.165, 1.54) is 0 Å². The van der Waals surface area contributed by atoms with Gasteiger partial charge in [-0.25, -0.2) is 0 Å². The lowest BCUT2D eigenvalue weighted by Gasteiger charge is -1.98. The lowest BCUT2D eigenvalue weighted by atomic mass is 10.3. The first kappa shape index (κ1) is 8.28. The van der Waals surface area contributed by atoms with Gasteiger partial charge in [0.1, 0.15) is 11.9 Å². The maximum atomic E-state index is 9.85. The van der Waals surface area contributed by atoms with Crippen molar-refractivity contribution < 1.29 is 29.4 Å². The van der Waals surface area contributed by atoms with Crippen molar-refractivity contribution in [2.45, 2.75) is 0 Å². The average molecular weight is 144 g/mol. The van der Waals surface area contributed by atoms with Gasteiger partial charge in [0.05, 0.1) is 0 Å². The van der Waals surface area contributed by atoms with Gasteiger partial charge in [-0.2, -0.15) is 0 Å². The minimum atomic E-state index is -2.35. The van der Waals surface area contributed by atoms with Crippen molar-refractivity contribution in [2.24, 2.45) is 0 Å². The summed E-state index contributed by atoms with van der Waals surface area (Å²) in [7, 11) is 0. The number of rotatable bonds is 3. The first-order chi connectivity index (χ1) is 4.46. The van der Waals surface area contributed by atoms with Crippen LogP contribution in [0.5, 0.6) is 0 Å². The molecule has 54 valence electrons. The fraction of sp³-hybridized carbons (Fsp3) is 0. The van der Waals surface area contributed by atoms with E-state index in [0.717, 1.165) is 0 Å². The Morgan fingerprint density at radius 3 is 1.00 bits per heavy atom. The number of carbonyl (C=O) groups excluding carboxylic acids is 4. The molecule has 0 fully saturated rings. The Kier molecular flexibility index (Phi) is 2.25. The van der Waals surface area contributed by atoms with Crippen LogP contribution in [-0.2, 0) is 19.2 Å². The number of carbonyl (C=O) groups is 4. The van der Waals surface area contributed by atoms with Crippen LogP contribution in [0.2, 0.25) is 0 Å². The fourth-order valence-electron chi connectivity index (χ4n) is 0.185. The van der Waals surface area contributed by atoms with Crippen molar-refractivity contribution in [1.29, 1.82) is 0 Å². The van der Waals surface area contributed by atoms with Gasteiger partial charge in [0, 0.05) is 0 Å². The van der Waals surface area contributed by atoms with Gasteiger partial charge in [-0.05, 0) is 0 Å². The highest BCUT2D eigenvalue weighted by Crippen LogP contribution is 1.71. The van der Waals surface area contributed by atoms with E-state index in [4.69, 9.17) is 0 Å². The molecule has 10 heavy (non-hydrogen) atoms. The minimum absolute atomic E-state index is 2.11. The molecule has 0 spiro atoms. The zero-order valence-corrected chi connectivity index (χ0v) is 4.45. The number of hydrogen-bond acceptors (Lipinski definition) is 6. The van der Waals surface area contributed by atoms with E-state index in [2.05, 4.69) is 0 Å². The molecule has 0 N–H and O–H groups in total. The number of ketones is 2. The number of carboxylic acid groups (broad SMARTS) is 2. The Labute approximate surface area is 54.1 Å². The van der Waals surface area contributed by atoms with Crippen LogP contribution in [0, 0.1) is 0 Å². The van der Waals surface area contributed by atoms with Crippen LogP contribution < -0.4 is 10.2 Å². The van der Waals surface area contributed by atoms with Gasteiger partial charge in [-0.1, -0.05) is 0 Å². The van der Waals surface area contributed by atoms with Crippen molar-refractivity contribution >= 4 is 23.5 Å². The molecule has 0 aliphatic heterocycles. The topological polar surface area (TPSA) is 114 Å². The van der Waals surface area contributed by atoms with Crippen LogP contribution in [0.25, 0.3) is 0 Å². The minimum Gasteiger partial charge on any atom is -0.541 e. The van der Waals surface area contributed by atoms with Crippen LogP contribution in [-0.4, -0.2) is 23.5 Å². The molecule has 0 amide bonds. The van der Waals surface area contributed by atoms with E-state index in [-0.39, 0.29) is 0 Å². The molecule has 0 heterocycles. The van der Waals surface area contributed by atoms with Crippen LogP contribution in [0.4, 0.5) is 0 Å². The summed E-state index contributed by atoms with van der Waals surface area (Å²) in [5, 5.41) is 18.9. The molecule has 0 aliphatic rings. The highest BCUT2D eigenvalue weighted by atomic mass is 16.4. The fourth-order valence-corrected chi connectivity index (χ4v) is 0.185. The largest absolute Gasteiger partial charge is 0.541 e. The molecule has 0 aromatic carbocycles. The Balaban J connectivity index is 4.39. The third-order valence-corrected chi connectivity index (χ3v) is 0.577. The first-order valence-corrected chi connectivity index (χ1v) is 1.97.